The van der Waals surface area contributed by atoms with Crippen molar-refractivity contribution >= 4 is 17.8 Å². The average Bonchev–Trinajstić information content (AvgIpc) is 2.44. The van der Waals surface area contributed by atoms with Crippen LogP contribution >= 0.6 is 0 Å². The molecule has 1 aliphatic rings. The summed E-state index contributed by atoms with van der Waals surface area (Å²) in [5.41, 5.74) is 2.05. The quantitative estimate of drug-likeness (QED) is 0.758. The number of carbonyl (C=O) groups excluding carboxylic acids is 2. The fraction of sp³-hybridized carbons (Fsp3) is 0.400. The molecule has 0 saturated heterocycles. The van der Waals surface area contributed by atoms with E-state index < -0.39 is 18.0 Å². The number of carboxylic acid groups (broad SMARTS) is 1. The number of esters is 1. The second-order valence-electron chi connectivity index (χ2n) is 4.97. The van der Waals surface area contributed by atoms with Crippen molar-refractivity contribution in [1.29, 1.82) is 0 Å². The number of ether oxygens (including phenoxy) is 1. The molecule has 1 amide bonds. The highest BCUT2D eigenvalue weighted by atomic mass is 16.5. The summed E-state index contributed by atoms with van der Waals surface area (Å²) < 4.78 is 4.47. The van der Waals surface area contributed by atoms with E-state index in [1.807, 2.05) is 24.3 Å². The Hall–Kier alpha value is -2.37. The highest BCUT2D eigenvalue weighted by Gasteiger charge is 2.33. The zero-order valence-corrected chi connectivity index (χ0v) is 11.7. The maximum atomic E-state index is 12.1. The van der Waals surface area contributed by atoms with Crippen LogP contribution in [0.1, 0.15) is 29.9 Å². The number of carboxylic acids is 1. The van der Waals surface area contributed by atoms with Crippen molar-refractivity contribution in [2.75, 3.05) is 7.11 Å². The lowest BCUT2D eigenvalue weighted by molar-refractivity contribution is -0.144. The van der Waals surface area contributed by atoms with Crippen molar-refractivity contribution in [2.24, 2.45) is 0 Å². The van der Waals surface area contributed by atoms with Gasteiger partial charge < -0.3 is 15.2 Å². The first-order chi connectivity index (χ1) is 10.0. The Morgan fingerprint density at radius 3 is 2.71 bits per heavy atom. The molecule has 2 rings (SSSR count). The van der Waals surface area contributed by atoms with Crippen LogP contribution in [0.25, 0.3) is 0 Å². The lowest BCUT2D eigenvalue weighted by Gasteiger charge is -2.30. The van der Waals surface area contributed by atoms with Gasteiger partial charge in [0.05, 0.1) is 13.0 Å². The van der Waals surface area contributed by atoms with Gasteiger partial charge in [-0.05, 0) is 24.0 Å². The molecule has 112 valence electrons. The zero-order chi connectivity index (χ0) is 15.4. The van der Waals surface area contributed by atoms with E-state index in [1.165, 1.54) is 7.11 Å². The SMILES string of the molecule is COC(=O)CC[C@H](NC(=O)C1Cc2ccccc21)C(=O)O. The first-order valence-electron chi connectivity index (χ1n) is 6.70. The summed E-state index contributed by atoms with van der Waals surface area (Å²) in [5, 5.41) is 11.6. The highest BCUT2D eigenvalue weighted by Crippen LogP contribution is 2.34. The standard InChI is InChI=1S/C15H17NO5/c1-21-13(17)7-6-12(15(19)20)16-14(18)11-8-9-4-2-3-5-10(9)11/h2-5,11-12H,6-8H2,1H3,(H,16,18)(H,19,20)/t11?,12-/m0/s1. The predicted molar refractivity (Wildman–Crippen MR) is 73.7 cm³/mol. The summed E-state index contributed by atoms with van der Waals surface area (Å²) in [5.74, 6) is -2.27. The molecule has 6 nitrogen and oxygen atoms in total. The van der Waals surface area contributed by atoms with E-state index in [1.54, 1.807) is 0 Å². The third-order valence-corrected chi connectivity index (χ3v) is 3.65. The zero-order valence-electron chi connectivity index (χ0n) is 11.7. The Bertz CT molecular complexity index is 569. The molecular formula is C15H17NO5. The third-order valence-electron chi connectivity index (χ3n) is 3.65. The van der Waals surface area contributed by atoms with Crippen LogP contribution in [0, 0.1) is 0 Å². The van der Waals surface area contributed by atoms with Crippen molar-refractivity contribution < 1.29 is 24.2 Å². The van der Waals surface area contributed by atoms with Gasteiger partial charge >= 0.3 is 11.9 Å². The third kappa shape index (κ3) is 3.39. The van der Waals surface area contributed by atoms with E-state index in [9.17, 15) is 14.4 Å². The summed E-state index contributed by atoms with van der Waals surface area (Å²) in [6, 6.07) is 6.50. The maximum absolute atomic E-state index is 12.1. The summed E-state index contributed by atoms with van der Waals surface area (Å²) in [6.45, 7) is 0. The first-order valence-corrected chi connectivity index (χ1v) is 6.70. The predicted octanol–water partition coefficient (Wildman–Crippen LogP) is 0.849. The number of benzene rings is 1. The molecule has 21 heavy (non-hydrogen) atoms. The van der Waals surface area contributed by atoms with Gasteiger partial charge in [-0.2, -0.15) is 0 Å². The van der Waals surface area contributed by atoms with Crippen molar-refractivity contribution in [3.63, 3.8) is 0 Å². The number of carbonyl (C=O) groups is 3. The van der Waals surface area contributed by atoms with Crippen LogP contribution in [-0.2, 0) is 25.5 Å². The van der Waals surface area contributed by atoms with Gasteiger partial charge in [0, 0.05) is 6.42 Å². The molecule has 2 N–H and O–H groups in total. The molecule has 0 radical (unpaired) electrons. The minimum absolute atomic E-state index is 0.0160. The number of hydrogen-bond acceptors (Lipinski definition) is 4. The molecule has 2 atom stereocenters. The summed E-state index contributed by atoms with van der Waals surface area (Å²) >= 11 is 0. The Kier molecular flexibility index (Phi) is 4.57. The van der Waals surface area contributed by atoms with Gasteiger partial charge in [0.1, 0.15) is 6.04 Å². The monoisotopic (exact) mass is 291 g/mol. The molecule has 1 aromatic rings. The molecule has 0 heterocycles. The Labute approximate surface area is 122 Å². The van der Waals surface area contributed by atoms with E-state index in [-0.39, 0.29) is 24.7 Å². The van der Waals surface area contributed by atoms with Gasteiger partial charge in [-0.15, -0.1) is 0 Å². The molecule has 1 unspecified atom stereocenters. The molecule has 1 aromatic carbocycles. The van der Waals surface area contributed by atoms with Crippen molar-refractivity contribution in [3.05, 3.63) is 35.4 Å². The molecule has 0 aromatic heterocycles. The highest BCUT2D eigenvalue weighted by molar-refractivity contribution is 5.90. The summed E-state index contributed by atoms with van der Waals surface area (Å²) in [4.78, 5) is 34.3. The number of methoxy groups -OCH3 is 1. The summed E-state index contributed by atoms with van der Waals surface area (Å²) in [7, 11) is 1.24. The second kappa shape index (κ2) is 6.39. The molecule has 0 saturated carbocycles. The van der Waals surface area contributed by atoms with Gasteiger partial charge in [0.15, 0.2) is 0 Å². The van der Waals surface area contributed by atoms with E-state index >= 15 is 0 Å². The van der Waals surface area contributed by atoms with Gasteiger partial charge in [-0.3, -0.25) is 9.59 Å². The molecule has 1 aliphatic carbocycles. The minimum Gasteiger partial charge on any atom is -0.480 e. The lowest BCUT2D eigenvalue weighted by Crippen LogP contribution is -2.45. The van der Waals surface area contributed by atoms with Gasteiger partial charge in [-0.25, -0.2) is 4.79 Å². The number of nitrogens with one attached hydrogen (secondary N) is 1. The molecule has 0 bridgehead atoms. The van der Waals surface area contributed by atoms with Crippen LogP contribution < -0.4 is 5.32 Å². The van der Waals surface area contributed by atoms with Crippen LogP contribution in [0.2, 0.25) is 0 Å². The van der Waals surface area contributed by atoms with Crippen LogP contribution in [0.5, 0.6) is 0 Å². The normalized spacial score (nSPS) is 17.1. The lowest BCUT2D eigenvalue weighted by atomic mass is 9.77. The van der Waals surface area contributed by atoms with E-state index in [0.29, 0.717) is 6.42 Å². The molecule has 0 fully saturated rings. The number of fused-ring (bicyclic) bond motifs is 1. The van der Waals surface area contributed by atoms with E-state index in [4.69, 9.17) is 5.11 Å². The fourth-order valence-corrected chi connectivity index (χ4v) is 2.39. The second-order valence-corrected chi connectivity index (χ2v) is 4.97. The Morgan fingerprint density at radius 1 is 1.38 bits per heavy atom. The topological polar surface area (TPSA) is 92.7 Å². The van der Waals surface area contributed by atoms with E-state index in [0.717, 1.165) is 11.1 Å². The Morgan fingerprint density at radius 2 is 2.10 bits per heavy atom. The van der Waals surface area contributed by atoms with Crippen molar-refractivity contribution in [1.82, 2.24) is 5.32 Å². The van der Waals surface area contributed by atoms with Crippen LogP contribution in [-0.4, -0.2) is 36.1 Å². The van der Waals surface area contributed by atoms with Gasteiger partial charge in [0.25, 0.3) is 0 Å². The average molecular weight is 291 g/mol. The number of hydrogen-bond donors (Lipinski definition) is 2. The van der Waals surface area contributed by atoms with Crippen molar-refractivity contribution in [2.45, 2.75) is 31.2 Å². The van der Waals surface area contributed by atoms with Crippen molar-refractivity contribution in [3.8, 4) is 0 Å². The van der Waals surface area contributed by atoms with Crippen LogP contribution in [0.4, 0.5) is 0 Å². The first kappa shape index (κ1) is 15.0. The van der Waals surface area contributed by atoms with Crippen LogP contribution in [0.15, 0.2) is 24.3 Å². The minimum atomic E-state index is -1.15. The van der Waals surface area contributed by atoms with Gasteiger partial charge in [0.2, 0.25) is 5.91 Å². The van der Waals surface area contributed by atoms with Crippen LogP contribution in [0.3, 0.4) is 0 Å². The molecular weight excluding hydrogens is 274 g/mol. The molecule has 0 aliphatic heterocycles. The van der Waals surface area contributed by atoms with E-state index in [2.05, 4.69) is 10.1 Å². The molecule has 6 heteroatoms. The smallest absolute Gasteiger partial charge is 0.326 e. The summed E-state index contributed by atoms with van der Waals surface area (Å²) in [6.07, 6.45) is 0.586. The Balaban J connectivity index is 1.94. The number of aliphatic carboxylic acids is 1. The van der Waals surface area contributed by atoms with Gasteiger partial charge in [-0.1, -0.05) is 24.3 Å². The number of rotatable bonds is 6. The number of amides is 1. The maximum Gasteiger partial charge on any atom is 0.326 e. The largest absolute Gasteiger partial charge is 0.480 e. The fourth-order valence-electron chi connectivity index (χ4n) is 2.39. The molecule has 0 spiro atoms.